The van der Waals surface area contributed by atoms with Crippen LogP contribution in [-0.2, 0) is 9.59 Å². The summed E-state index contributed by atoms with van der Waals surface area (Å²) in [4.78, 5) is 32.7. The van der Waals surface area contributed by atoms with Crippen molar-refractivity contribution >= 4 is 29.4 Å². The van der Waals surface area contributed by atoms with Crippen molar-refractivity contribution in [3.63, 3.8) is 0 Å². The maximum Gasteiger partial charge on any atom is 0.250 e. The van der Waals surface area contributed by atoms with Crippen LogP contribution >= 0.6 is 0 Å². The molecule has 0 fully saturated rings. The van der Waals surface area contributed by atoms with E-state index in [2.05, 4.69) is 15.0 Å². The lowest BCUT2D eigenvalue weighted by atomic mass is 10.0. The molecule has 30 heavy (non-hydrogen) atoms. The third kappa shape index (κ3) is 3.83. The molecule has 0 radical (unpaired) electrons. The zero-order chi connectivity index (χ0) is 21.1. The van der Waals surface area contributed by atoms with Crippen molar-refractivity contribution in [3.05, 3.63) is 78.4 Å². The van der Waals surface area contributed by atoms with E-state index in [0.717, 1.165) is 17.0 Å². The fourth-order valence-electron chi connectivity index (χ4n) is 3.09. The highest BCUT2D eigenvalue weighted by Crippen LogP contribution is 2.31. The molecule has 2 N–H and O–H groups in total. The van der Waals surface area contributed by atoms with Gasteiger partial charge in [0, 0.05) is 52.8 Å². The van der Waals surface area contributed by atoms with E-state index in [4.69, 9.17) is 0 Å². The first-order chi connectivity index (χ1) is 14.5. The maximum atomic E-state index is 14.1. The highest BCUT2D eigenvalue weighted by molar-refractivity contribution is 5.98. The Labute approximate surface area is 169 Å². The van der Waals surface area contributed by atoms with Crippen molar-refractivity contribution in [2.75, 3.05) is 0 Å². The molecule has 0 unspecified atom stereocenters. The Morgan fingerprint density at radius 2 is 1.90 bits per heavy atom. The minimum absolute atomic E-state index is 0.180. The second-order valence-electron chi connectivity index (χ2n) is 6.39. The minimum atomic E-state index is -0.653. The number of amides is 2. The Morgan fingerprint density at radius 3 is 2.70 bits per heavy atom. The second kappa shape index (κ2) is 8.04. The first kappa shape index (κ1) is 19.1. The fraction of sp³-hybridized carbons (Fsp3) is 0. The molecule has 1 aromatic carbocycles. The maximum absolute atomic E-state index is 14.1. The number of hydrogen-bond donors (Lipinski definition) is 2. The van der Waals surface area contributed by atoms with Gasteiger partial charge in [0.1, 0.15) is 11.5 Å². The van der Waals surface area contributed by atoms with Gasteiger partial charge in [-0.3, -0.25) is 14.9 Å². The molecule has 4 rings (SSSR count). The van der Waals surface area contributed by atoms with Crippen molar-refractivity contribution in [1.29, 1.82) is 0 Å². The molecule has 0 saturated heterocycles. The number of H-pyrrole nitrogens is 1. The Hall–Kier alpha value is -4.20. The van der Waals surface area contributed by atoms with Crippen molar-refractivity contribution in [2.45, 2.75) is 0 Å². The summed E-state index contributed by atoms with van der Waals surface area (Å²) in [7, 11) is 0. The van der Waals surface area contributed by atoms with Gasteiger partial charge in [-0.15, -0.1) is 0 Å². The quantitative estimate of drug-likeness (QED) is 0.300. The summed E-state index contributed by atoms with van der Waals surface area (Å²) in [6.45, 7) is 0. The van der Waals surface area contributed by atoms with Crippen molar-refractivity contribution < 1.29 is 18.4 Å². The Morgan fingerprint density at radius 1 is 1.03 bits per heavy atom. The van der Waals surface area contributed by atoms with Gasteiger partial charge in [0.15, 0.2) is 0 Å². The van der Waals surface area contributed by atoms with Gasteiger partial charge in [-0.2, -0.15) is 4.39 Å². The monoisotopic (exact) mass is 404 g/mol. The predicted molar refractivity (Wildman–Crippen MR) is 108 cm³/mol. The summed E-state index contributed by atoms with van der Waals surface area (Å²) in [6.07, 6.45) is 7.37. The van der Waals surface area contributed by atoms with E-state index in [9.17, 15) is 18.4 Å². The van der Waals surface area contributed by atoms with Crippen LogP contribution in [-0.4, -0.2) is 27.3 Å². The number of benzene rings is 1. The van der Waals surface area contributed by atoms with Crippen LogP contribution in [0.25, 0.3) is 39.4 Å². The summed E-state index contributed by atoms with van der Waals surface area (Å²) in [5.41, 5.74) is 3.60. The van der Waals surface area contributed by atoms with E-state index < -0.39 is 17.7 Å². The number of carbonyl (C=O) groups is 2. The summed E-state index contributed by atoms with van der Waals surface area (Å²) >= 11 is 0. The lowest BCUT2D eigenvalue weighted by Gasteiger charge is -2.06. The highest BCUT2D eigenvalue weighted by Gasteiger charge is 2.11. The lowest BCUT2D eigenvalue weighted by Crippen LogP contribution is -2.18. The molecular formula is C22H14F2N4O2. The number of fused-ring (bicyclic) bond motifs is 1. The van der Waals surface area contributed by atoms with Crippen LogP contribution in [0.5, 0.6) is 0 Å². The molecule has 0 saturated carbocycles. The van der Waals surface area contributed by atoms with Gasteiger partial charge >= 0.3 is 0 Å². The molecule has 0 atom stereocenters. The van der Waals surface area contributed by atoms with Gasteiger partial charge in [-0.1, -0.05) is 6.07 Å². The average Bonchev–Trinajstić information content (AvgIpc) is 3.16. The van der Waals surface area contributed by atoms with Crippen LogP contribution < -0.4 is 5.32 Å². The molecule has 0 bridgehead atoms. The van der Waals surface area contributed by atoms with Crippen LogP contribution in [0.3, 0.4) is 0 Å². The van der Waals surface area contributed by atoms with Crippen LogP contribution in [0.2, 0.25) is 0 Å². The number of rotatable bonds is 5. The number of nitrogens with zero attached hydrogens (tertiary/aromatic N) is 2. The molecule has 0 aliphatic rings. The van der Waals surface area contributed by atoms with Gasteiger partial charge < -0.3 is 4.98 Å². The summed E-state index contributed by atoms with van der Waals surface area (Å²) < 4.78 is 27.7. The number of imide groups is 1. The van der Waals surface area contributed by atoms with Crippen molar-refractivity contribution in [3.8, 4) is 22.3 Å². The smallest absolute Gasteiger partial charge is 0.250 e. The number of hydrogen-bond acceptors (Lipinski definition) is 4. The third-order valence-corrected chi connectivity index (χ3v) is 4.51. The van der Waals surface area contributed by atoms with Crippen LogP contribution in [0.1, 0.15) is 5.56 Å². The summed E-state index contributed by atoms with van der Waals surface area (Å²) in [5, 5.41) is 2.72. The average molecular weight is 404 g/mol. The number of aromatic nitrogens is 3. The lowest BCUT2D eigenvalue weighted by molar-refractivity contribution is -0.121. The van der Waals surface area contributed by atoms with E-state index in [-0.39, 0.29) is 12.0 Å². The zero-order valence-corrected chi connectivity index (χ0v) is 15.4. The summed E-state index contributed by atoms with van der Waals surface area (Å²) in [6, 6.07) is 9.35. The summed E-state index contributed by atoms with van der Waals surface area (Å²) in [5.74, 6) is -1.75. The van der Waals surface area contributed by atoms with Gasteiger partial charge in [0.2, 0.25) is 18.3 Å². The normalized spacial score (nSPS) is 11.1. The van der Waals surface area contributed by atoms with Crippen LogP contribution in [0.15, 0.2) is 61.1 Å². The van der Waals surface area contributed by atoms with Gasteiger partial charge in [-0.25, -0.2) is 14.4 Å². The number of carbonyl (C=O) groups excluding carboxylic acids is 2. The topological polar surface area (TPSA) is 87.7 Å². The molecule has 3 aromatic heterocycles. The molecule has 4 aromatic rings. The molecule has 8 heteroatoms. The van der Waals surface area contributed by atoms with E-state index in [1.165, 1.54) is 24.4 Å². The first-order valence-corrected chi connectivity index (χ1v) is 8.86. The molecule has 3 heterocycles. The second-order valence-corrected chi connectivity index (χ2v) is 6.39. The zero-order valence-electron chi connectivity index (χ0n) is 15.4. The number of aromatic amines is 1. The van der Waals surface area contributed by atoms with Crippen molar-refractivity contribution in [1.82, 2.24) is 20.3 Å². The number of pyridine rings is 2. The first-order valence-electron chi connectivity index (χ1n) is 8.86. The number of halogens is 2. The van der Waals surface area contributed by atoms with Crippen LogP contribution in [0, 0.1) is 11.8 Å². The molecule has 6 nitrogen and oxygen atoms in total. The van der Waals surface area contributed by atoms with E-state index in [1.54, 1.807) is 30.6 Å². The predicted octanol–water partition coefficient (Wildman–Crippen LogP) is 3.86. The van der Waals surface area contributed by atoms with Gasteiger partial charge in [0.25, 0.3) is 0 Å². The fourth-order valence-corrected chi connectivity index (χ4v) is 3.09. The molecule has 0 aliphatic carbocycles. The Bertz CT molecular complexity index is 1300. The molecule has 2 amide bonds. The van der Waals surface area contributed by atoms with Crippen molar-refractivity contribution in [2.24, 2.45) is 0 Å². The van der Waals surface area contributed by atoms with E-state index in [1.807, 2.05) is 11.4 Å². The van der Waals surface area contributed by atoms with E-state index in [0.29, 0.717) is 22.3 Å². The van der Waals surface area contributed by atoms with Crippen LogP contribution in [0.4, 0.5) is 8.78 Å². The third-order valence-electron chi connectivity index (χ3n) is 4.51. The SMILES string of the molecule is O=CNC(=O)C=Cc1cc(-c2cnc3[nH]cc(-c4ccnc(F)c4)c3c2)ccc1F. The Kier molecular flexibility index (Phi) is 5.13. The molecule has 0 spiro atoms. The van der Waals surface area contributed by atoms with Gasteiger partial charge in [0.05, 0.1) is 0 Å². The molecular weight excluding hydrogens is 390 g/mol. The van der Waals surface area contributed by atoms with E-state index >= 15 is 0 Å². The Balaban J connectivity index is 1.75. The minimum Gasteiger partial charge on any atom is -0.346 e. The largest absolute Gasteiger partial charge is 0.346 e. The molecule has 148 valence electrons. The highest BCUT2D eigenvalue weighted by atomic mass is 19.1. The van der Waals surface area contributed by atoms with Gasteiger partial charge in [-0.05, 0) is 41.5 Å². The standard InChI is InChI=1S/C22H14F2N4O2/c23-19-3-1-13(7-15(19)2-4-21(30)28-12-29)16-8-17-18(11-27-22(17)26-10-16)14-5-6-25-20(24)9-14/h1-12H,(H,26,27)(H,28,29,30). The molecule has 0 aliphatic heterocycles. The number of nitrogens with one attached hydrogen (secondary N) is 2.